The van der Waals surface area contributed by atoms with Crippen LogP contribution in [0.5, 0.6) is 0 Å². The fourth-order valence-corrected chi connectivity index (χ4v) is 3.41. The van der Waals surface area contributed by atoms with Gasteiger partial charge >= 0.3 is 13.1 Å². The maximum absolute atomic E-state index is 12.1. The van der Waals surface area contributed by atoms with E-state index in [0.717, 1.165) is 0 Å². The second kappa shape index (κ2) is 6.74. The van der Waals surface area contributed by atoms with Gasteiger partial charge in [0, 0.05) is 5.75 Å². The molecule has 1 aliphatic rings. The van der Waals surface area contributed by atoms with E-state index in [1.807, 2.05) is 27.7 Å². The van der Waals surface area contributed by atoms with Gasteiger partial charge in [0.15, 0.2) is 9.84 Å². The second-order valence-corrected chi connectivity index (χ2v) is 9.53. The molecule has 1 heterocycles. The van der Waals surface area contributed by atoms with Crippen molar-refractivity contribution in [2.75, 3.05) is 12.9 Å². The summed E-state index contributed by atoms with van der Waals surface area (Å²) in [6.07, 6.45) is 0. The highest BCUT2D eigenvalue weighted by molar-refractivity contribution is 7.90. The molecule has 0 atom stereocenters. The molecule has 1 fully saturated rings. The minimum absolute atomic E-state index is 0.0532. The molecule has 1 aromatic rings. The summed E-state index contributed by atoms with van der Waals surface area (Å²) in [5.74, 6) is -0.565. The van der Waals surface area contributed by atoms with E-state index >= 15 is 0 Å². The molecule has 0 aliphatic carbocycles. The molecule has 8 heteroatoms. The lowest BCUT2D eigenvalue weighted by Crippen LogP contribution is -2.41. The van der Waals surface area contributed by atoms with Crippen molar-refractivity contribution in [3.63, 3.8) is 0 Å². The van der Waals surface area contributed by atoms with Gasteiger partial charge in [0.2, 0.25) is 0 Å². The molecule has 138 valence electrons. The number of ether oxygens (including phenoxy) is 1. The summed E-state index contributed by atoms with van der Waals surface area (Å²) in [5.41, 5.74) is 0.222. The lowest BCUT2D eigenvalue weighted by atomic mass is 9.75. The van der Waals surface area contributed by atoms with Crippen LogP contribution in [0.2, 0.25) is 0 Å². The number of carbonyl (C=O) groups excluding carboxylic acids is 1. The fourth-order valence-electron chi connectivity index (χ4n) is 2.52. The molecule has 2 rings (SSSR count). The third-order valence-corrected chi connectivity index (χ3v) is 6.51. The van der Waals surface area contributed by atoms with E-state index in [2.05, 4.69) is 0 Å². The van der Waals surface area contributed by atoms with E-state index in [-0.39, 0.29) is 11.5 Å². The van der Waals surface area contributed by atoms with Crippen LogP contribution in [0.15, 0.2) is 18.2 Å². The summed E-state index contributed by atoms with van der Waals surface area (Å²) in [7, 11) is -2.67. The number of methoxy groups -OCH3 is 1. The Morgan fingerprint density at radius 3 is 2.20 bits per heavy atom. The van der Waals surface area contributed by atoms with Crippen molar-refractivity contribution >= 4 is 28.4 Å². The lowest BCUT2D eigenvalue weighted by Gasteiger charge is -2.32. The second-order valence-electron chi connectivity index (χ2n) is 7.18. The predicted octanol–water partition coefficient (Wildman–Crippen LogP) is 1.71. The Hall–Kier alpha value is -1.38. The summed E-state index contributed by atoms with van der Waals surface area (Å²) in [5, 5.41) is 0. The molecule has 0 radical (unpaired) electrons. The SMILES string of the molecule is CCS(=O)(=O)Cc1ccc(C(=O)OC)c(B2OC(C)(C)C(C)(C)O2)c1. The maximum Gasteiger partial charge on any atom is 0.495 e. The van der Waals surface area contributed by atoms with Gasteiger partial charge in [0.1, 0.15) is 0 Å². The van der Waals surface area contributed by atoms with Crippen molar-refractivity contribution in [3.8, 4) is 0 Å². The zero-order valence-corrected chi connectivity index (χ0v) is 16.4. The number of hydrogen-bond donors (Lipinski definition) is 0. The Kier molecular flexibility index (Phi) is 5.38. The summed E-state index contributed by atoms with van der Waals surface area (Å²) in [6, 6.07) is 4.84. The van der Waals surface area contributed by atoms with E-state index in [9.17, 15) is 13.2 Å². The molecular weight excluding hydrogens is 343 g/mol. The average Bonchev–Trinajstić information content (AvgIpc) is 2.74. The summed E-state index contributed by atoms with van der Waals surface area (Å²) in [6.45, 7) is 9.26. The Labute approximate surface area is 149 Å². The van der Waals surface area contributed by atoms with Crippen LogP contribution < -0.4 is 5.46 Å². The van der Waals surface area contributed by atoms with E-state index < -0.39 is 34.1 Å². The highest BCUT2D eigenvalue weighted by Crippen LogP contribution is 2.36. The van der Waals surface area contributed by atoms with Crippen molar-refractivity contribution in [2.45, 2.75) is 51.6 Å². The maximum atomic E-state index is 12.1. The summed E-state index contributed by atoms with van der Waals surface area (Å²) in [4.78, 5) is 12.1. The number of hydrogen-bond acceptors (Lipinski definition) is 6. The predicted molar refractivity (Wildman–Crippen MR) is 96.7 cm³/mol. The zero-order chi connectivity index (χ0) is 19.0. The van der Waals surface area contributed by atoms with Gasteiger partial charge in [0.25, 0.3) is 0 Å². The van der Waals surface area contributed by atoms with Crippen molar-refractivity contribution < 1.29 is 27.3 Å². The average molecular weight is 368 g/mol. The molecule has 0 bridgehead atoms. The normalized spacial score (nSPS) is 19.0. The van der Waals surface area contributed by atoms with Crippen LogP contribution >= 0.6 is 0 Å². The highest BCUT2D eigenvalue weighted by atomic mass is 32.2. The standard InChI is InChI=1S/C17H25BO6S/c1-7-25(20,21)11-12-8-9-13(15(19)22-6)14(10-12)18-23-16(2,3)17(4,5)24-18/h8-10H,7,11H2,1-6H3. The molecule has 0 aromatic heterocycles. The number of benzene rings is 1. The fraction of sp³-hybridized carbons (Fsp3) is 0.588. The van der Waals surface area contributed by atoms with Crippen LogP contribution in [0, 0.1) is 0 Å². The topological polar surface area (TPSA) is 78.9 Å². The molecule has 0 amide bonds. The number of esters is 1. The Morgan fingerprint density at radius 1 is 1.16 bits per heavy atom. The van der Waals surface area contributed by atoms with E-state index in [4.69, 9.17) is 14.0 Å². The quantitative estimate of drug-likeness (QED) is 0.582. The highest BCUT2D eigenvalue weighted by Gasteiger charge is 2.52. The van der Waals surface area contributed by atoms with Gasteiger partial charge in [0.05, 0.1) is 29.6 Å². The van der Waals surface area contributed by atoms with Gasteiger partial charge in [-0.05, 0) is 44.8 Å². The molecule has 0 spiro atoms. The zero-order valence-electron chi connectivity index (χ0n) is 15.6. The van der Waals surface area contributed by atoms with Gasteiger partial charge < -0.3 is 14.0 Å². The molecule has 1 saturated heterocycles. The van der Waals surface area contributed by atoms with Crippen molar-refractivity contribution in [3.05, 3.63) is 29.3 Å². The molecule has 1 aliphatic heterocycles. The van der Waals surface area contributed by atoms with E-state index in [1.54, 1.807) is 25.1 Å². The summed E-state index contributed by atoms with van der Waals surface area (Å²) < 4.78 is 40.7. The minimum atomic E-state index is -3.19. The first kappa shape index (κ1) is 19.9. The first-order chi connectivity index (χ1) is 11.4. The molecule has 0 saturated carbocycles. The van der Waals surface area contributed by atoms with E-state index in [0.29, 0.717) is 16.6 Å². The van der Waals surface area contributed by atoms with Crippen molar-refractivity contribution in [1.29, 1.82) is 0 Å². The van der Waals surface area contributed by atoms with Gasteiger partial charge in [-0.15, -0.1) is 0 Å². The van der Waals surface area contributed by atoms with Crippen LogP contribution in [0.3, 0.4) is 0 Å². The minimum Gasteiger partial charge on any atom is -0.465 e. The van der Waals surface area contributed by atoms with Crippen molar-refractivity contribution in [2.24, 2.45) is 0 Å². The van der Waals surface area contributed by atoms with Crippen LogP contribution in [0.1, 0.15) is 50.5 Å². The smallest absolute Gasteiger partial charge is 0.465 e. The van der Waals surface area contributed by atoms with Gasteiger partial charge in [-0.1, -0.05) is 19.1 Å². The number of carbonyl (C=O) groups is 1. The monoisotopic (exact) mass is 368 g/mol. The number of rotatable bonds is 5. The summed E-state index contributed by atoms with van der Waals surface area (Å²) >= 11 is 0. The van der Waals surface area contributed by atoms with Crippen LogP contribution in [-0.2, 0) is 29.6 Å². The molecule has 0 N–H and O–H groups in total. The Morgan fingerprint density at radius 2 is 1.72 bits per heavy atom. The van der Waals surface area contributed by atoms with Crippen LogP contribution in [0.25, 0.3) is 0 Å². The molecule has 6 nitrogen and oxygen atoms in total. The molecule has 0 unspecified atom stereocenters. The molecule has 25 heavy (non-hydrogen) atoms. The van der Waals surface area contributed by atoms with Crippen molar-refractivity contribution in [1.82, 2.24) is 0 Å². The van der Waals surface area contributed by atoms with Gasteiger partial charge in [-0.25, -0.2) is 13.2 Å². The first-order valence-corrected chi connectivity index (χ1v) is 10.0. The van der Waals surface area contributed by atoms with Crippen LogP contribution in [-0.4, -0.2) is 45.6 Å². The van der Waals surface area contributed by atoms with Gasteiger partial charge in [-0.2, -0.15) is 0 Å². The third kappa shape index (κ3) is 4.07. The molecular formula is C17H25BO6S. The lowest BCUT2D eigenvalue weighted by molar-refractivity contribution is 0.00578. The largest absolute Gasteiger partial charge is 0.495 e. The van der Waals surface area contributed by atoms with E-state index in [1.165, 1.54) is 7.11 Å². The number of sulfone groups is 1. The Bertz CT molecular complexity index is 753. The first-order valence-electron chi connectivity index (χ1n) is 8.19. The Balaban J connectivity index is 2.48. The van der Waals surface area contributed by atoms with Crippen LogP contribution in [0.4, 0.5) is 0 Å². The molecule has 1 aromatic carbocycles. The third-order valence-electron chi connectivity index (χ3n) is 4.85. The van der Waals surface area contributed by atoms with Gasteiger partial charge in [-0.3, -0.25) is 0 Å².